The van der Waals surface area contributed by atoms with E-state index in [0.717, 1.165) is 18.9 Å². The summed E-state index contributed by atoms with van der Waals surface area (Å²) in [5.41, 5.74) is 5.69. The van der Waals surface area contributed by atoms with Crippen molar-refractivity contribution in [2.45, 2.75) is 19.8 Å². The van der Waals surface area contributed by atoms with Crippen molar-refractivity contribution in [3.05, 3.63) is 15.5 Å². The van der Waals surface area contributed by atoms with Crippen LogP contribution in [-0.2, 0) is 0 Å². The third-order valence-electron chi connectivity index (χ3n) is 2.61. The summed E-state index contributed by atoms with van der Waals surface area (Å²) < 4.78 is 1.24. The molecule has 1 saturated heterocycles. The van der Waals surface area contributed by atoms with Crippen LogP contribution in [0.5, 0.6) is 0 Å². The summed E-state index contributed by atoms with van der Waals surface area (Å²) in [4.78, 5) is 6.41. The molecule has 2 N–H and O–H groups in total. The van der Waals surface area contributed by atoms with E-state index in [1.54, 1.807) is 6.92 Å². The molecule has 5 nitrogen and oxygen atoms in total. The topological polar surface area (TPSA) is 69.1 Å². The Hall–Kier alpha value is -1.04. The second-order valence-electron chi connectivity index (χ2n) is 3.67. The molecule has 2 rings (SSSR count). The van der Waals surface area contributed by atoms with Crippen molar-refractivity contribution in [1.29, 1.82) is 0 Å². The van der Waals surface area contributed by atoms with E-state index < -0.39 is 0 Å². The van der Waals surface area contributed by atoms with Crippen molar-refractivity contribution in [1.82, 2.24) is 4.98 Å². The predicted octanol–water partition coefficient (Wildman–Crippen LogP) is 0.968. The van der Waals surface area contributed by atoms with Gasteiger partial charge in [-0.15, -0.1) is 0 Å². The van der Waals surface area contributed by atoms with Crippen molar-refractivity contribution in [3.63, 3.8) is 0 Å². The molecule has 0 aromatic carbocycles. The molecule has 82 valence electrons. The lowest BCUT2D eigenvalue weighted by atomic mass is 10.4. The molecule has 1 aromatic heterocycles. The number of aryl methyl sites for hydroxylation is 1. The minimum atomic E-state index is 0.185. The van der Waals surface area contributed by atoms with Crippen LogP contribution in [0.3, 0.4) is 0 Å². The summed E-state index contributed by atoms with van der Waals surface area (Å²) in [6.07, 6.45) is 2.33. The van der Waals surface area contributed by atoms with Crippen molar-refractivity contribution >= 4 is 27.6 Å². The van der Waals surface area contributed by atoms with Crippen molar-refractivity contribution in [2.75, 3.05) is 23.7 Å². The fraction of sp³-hybridized carbons (Fsp3) is 0.556. The Bertz CT molecular complexity index is 390. The van der Waals surface area contributed by atoms with Crippen LogP contribution in [0.25, 0.3) is 0 Å². The van der Waals surface area contributed by atoms with E-state index in [2.05, 4.69) is 25.8 Å². The molecule has 0 unspecified atom stereocenters. The molecule has 2 heterocycles. The molecule has 6 heteroatoms. The Morgan fingerprint density at radius 2 is 2.07 bits per heavy atom. The highest BCUT2D eigenvalue weighted by atomic mass is 79.9. The number of hydrogen-bond acceptors (Lipinski definition) is 4. The number of nitrogens with zero attached hydrogens (tertiary/aromatic N) is 3. The Morgan fingerprint density at radius 3 is 2.67 bits per heavy atom. The monoisotopic (exact) mass is 272 g/mol. The Balaban J connectivity index is 2.47. The highest BCUT2D eigenvalue weighted by molar-refractivity contribution is 9.10. The molecule has 1 aliphatic rings. The largest absolute Gasteiger partial charge is 0.740 e. The lowest BCUT2D eigenvalue weighted by molar-refractivity contribution is -0.601. The first-order chi connectivity index (χ1) is 7.11. The molecule has 0 spiro atoms. The average Bonchev–Trinajstić information content (AvgIpc) is 2.73. The van der Waals surface area contributed by atoms with Crippen molar-refractivity contribution < 1.29 is 4.73 Å². The van der Waals surface area contributed by atoms with E-state index in [1.807, 2.05) is 0 Å². The highest BCUT2D eigenvalue weighted by Gasteiger charge is 2.23. The second-order valence-corrected chi connectivity index (χ2v) is 4.46. The lowest BCUT2D eigenvalue weighted by Crippen LogP contribution is -2.37. The predicted molar refractivity (Wildman–Crippen MR) is 61.5 cm³/mol. The standard InChI is InChI=1S/C9H13BrN4O/c1-6-12-9(13-4-2-3-5-13)7(10)8(11)14(6)15/h2-5,11H2,1H3. The van der Waals surface area contributed by atoms with Crippen LogP contribution in [0.2, 0.25) is 0 Å². The Kier molecular flexibility index (Phi) is 2.68. The summed E-state index contributed by atoms with van der Waals surface area (Å²) in [5.74, 6) is 1.36. The van der Waals surface area contributed by atoms with E-state index in [1.165, 1.54) is 12.8 Å². The fourth-order valence-electron chi connectivity index (χ4n) is 1.76. The minimum absolute atomic E-state index is 0.185. The molecule has 1 aliphatic heterocycles. The van der Waals surface area contributed by atoms with Crippen LogP contribution in [-0.4, -0.2) is 18.1 Å². The van der Waals surface area contributed by atoms with E-state index in [-0.39, 0.29) is 5.82 Å². The highest BCUT2D eigenvalue weighted by Crippen LogP contribution is 2.29. The zero-order valence-electron chi connectivity index (χ0n) is 8.53. The van der Waals surface area contributed by atoms with Gasteiger partial charge in [-0.05, 0) is 28.8 Å². The second kappa shape index (κ2) is 3.84. The quantitative estimate of drug-likeness (QED) is 0.611. The van der Waals surface area contributed by atoms with Gasteiger partial charge >= 0.3 is 0 Å². The lowest BCUT2D eigenvalue weighted by Gasteiger charge is -2.18. The molecule has 15 heavy (non-hydrogen) atoms. The molecule has 0 radical (unpaired) electrons. The molecule has 0 aliphatic carbocycles. The van der Waals surface area contributed by atoms with Gasteiger partial charge in [-0.1, -0.05) is 4.98 Å². The van der Waals surface area contributed by atoms with Crippen LogP contribution in [0.15, 0.2) is 4.47 Å². The van der Waals surface area contributed by atoms with Crippen molar-refractivity contribution in [3.8, 4) is 0 Å². The summed E-state index contributed by atoms with van der Waals surface area (Å²) in [6, 6.07) is 0. The third kappa shape index (κ3) is 1.73. The summed E-state index contributed by atoms with van der Waals surface area (Å²) in [7, 11) is 0. The van der Waals surface area contributed by atoms with Crippen molar-refractivity contribution in [2.24, 2.45) is 0 Å². The summed E-state index contributed by atoms with van der Waals surface area (Å²) in [5, 5.41) is 11.4. The zero-order chi connectivity index (χ0) is 11.0. The van der Waals surface area contributed by atoms with Crippen LogP contribution in [0.4, 0.5) is 11.6 Å². The van der Waals surface area contributed by atoms with E-state index in [9.17, 15) is 5.21 Å². The summed E-state index contributed by atoms with van der Waals surface area (Å²) in [6.45, 7) is 3.62. The fourth-order valence-corrected chi connectivity index (χ4v) is 2.26. The van der Waals surface area contributed by atoms with Crippen LogP contribution >= 0.6 is 15.9 Å². The van der Waals surface area contributed by atoms with Crippen LogP contribution in [0.1, 0.15) is 18.7 Å². The third-order valence-corrected chi connectivity index (χ3v) is 3.37. The number of nitrogens with two attached hydrogens (primary N) is 1. The number of rotatable bonds is 1. The molecule has 0 atom stereocenters. The van der Waals surface area contributed by atoms with Gasteiger partial charge < -0.3 is 15.8 Å². The smallest absolute Gasteiger partial charge is 0.239 e. The van der Waals surface area contributed by atoms with Gasteiger partial charge in [0, 0.05) is 20.0 Å². The van der Waals surface area contributed by atoms with Gasteiger partial charge in [0.1, 0.15) is 4.47 Å². The van der Waals surface area contributed by atoms with Crippen LogP contribution in [0, 0.1) is 12.1 Å². The van der Waals surface area contributed by atoms with Gasteiger partial charge in [-0.3, -0.25) is 0 Å². The van der Waals surface area contributed by atoms with Gasteiger partial charge in [-0.25, -0.2) is 4.73 Å². The first kappa shape index (κ1) is 10.5. The Labute approximate surface area is 96.6 Å². The first-order valence-electron chi connectivity index (χ1n) is 4.91. The molecular formula is C9H13BrN4O. The maximum Gasteiger partial charge on any atom is 0.239 e. The molecule has 0 amide bonds. The molecular weight excluding hydrogens is 260 g/mol. The number of nitrogen functional groups attached to an aromatic ring is 1. The van der Waals surface area contributed by atoms with Crippen LogP contribution < -0.4 is 15.4 Å². The number of aromatic nitrogens is 2. The number of anilines is 2. The van der Waals surface area contributed by atoms with Gasteiger partial charge in [0.15, 0.2) is 0 Å². The Morgan fingerprint density at radius 1 is 1.47 bits per heavy atom. The van der Waals surface area contributed by atoms with Gasteiger partial charge in [-0.2, -0.15) is 0 Å². The molecule has 1 aromatic rings. The summed E-state index contributed by atoms with van der Waals surface area (Å²) >= 11 is 3.33. The molecule has 0 saturated carbocycles. The van der Waals surface area contributed by atoms with Gasteiger partial charge in [0.2, 0.25) is 17.5 Å². The van der Waals surface area contributed by atoms with E-state index >= 15 is 0 Å². The maximum absolute atomic E-state index is 11.4. The normalized spacial score (nSPS) is 16.0. The minimum Gasteiger partial charge on any atom is -0.740 e. The maximum atomic E-state index is 11.4. The average molecular weight is 273 g/mol. The molecule has 0 bridgehead atoms. The SMILES string of the molecule is Cc1nc(N2CCCC2)c(Br)c(N)[n+]1[O-]. The van der Waals surface area contributed by atoms with Gasteiger partial charge in [0.05, 0.1) is 0 Å². The zero-order valence-corrected chi connectivity index (χ0v) is 10.1. The first-order valence-corrected chi connectivity index (χ1v) is 5.70. The molecule has 1 fully saturated rings. The van der Waals surface area contributed by atoms with E-state index in [4.69, 9.17) is 5.73 Å². The van der Waals surface area contributed by atoms with Gasteiger partial charge in [0.25, 0.3) is 0 Å². The number of hydrogen-bond donors (Lipinski definition) is 1. The van der Waals surface area contributed by atoms with E-state index in [0.29, 0.717) is 15.0 Å². The number of halogens is 1.